The average Bonchev–Trinajstić information content (AvgIpc) is 2.81. The maximum Gasteiger partial charge on any atom is 0.129 e. The monoisotopic (exact) mass is 228 g/mol. The van der Waals surface area contributed by atoms with Gasteiger partial charge in [0.15, 0.2) is 0 Å². The molecular weight excluding hydrogens is 212 g/mol. The number of anilines is 1. The van der Waals surface area contributed by atoms with Gasteiger partial charge in [-0.3, -0.25) is 9.58 Å². The van der Waals surface area contributed by atoms with E-state index in [1.54, 1.807) is 4.68 Å². The number of fused-ring (bicyclic) bond motifs is 1. The van der Waals surface area contributed by atoms with Crippen LogP contribution in [0.2, 0.25) is 0 Å². The Morgan fingerprint density at radius 3 is 2.65 bits per heavy atom. The first kappa shape index (κ1) is 10.4. The van der Waals surface area contributed by atoms with Gasteiger partial charge < -0.3 is 5.73 Å². The summed E-state index contributed by atoms with van der Waals surface area (Å²) in [5, 5.41) is 4.18. The number of hydrogen-bond donors (Lipinski definition) is 1. The lowest BCUT2D eigenvalue weighted by atomic mass is 10.0. The number of nitrogen functional groups attached to an aromatic ring is 1. The summed E-state index contributed by atoms with van der Waals surface area (Å²) in [4.78, 5) is 2.31. The molecule has 0 saturated heterocycles. The first-order chi connectivity index (χ1) is 8.15. The fraction of sp³-hybridized carbons (Fsp3) is 0.308. The molecule has 0 atom stereocenters. The van der Waals surface area contributed by atoms with E-state index in [1.807, 2.05) is 13.2 Å². The van der Waals surface area contributed by atoms with Crippen LogP contribution in [-0.2, 0) is 20.1 Å². The Labute approximate surface area is 101 Å². The number of benzene rings is 1. The van der Waals surface area contributed by atoms with E-state index in [2.05, 4.69) is 35.2 Å². The van der Waals surface area contributed by atoms with Crippen LogP contribution in [0.3, 0.4) is 0 Å². The molecule has 0 aliphatic carbocycles. The number of nitrogens with zero attached hydrogens (tertiary/aromatic N) is 3. The van der Waals surface area contributed by atoms with Gasteiger partial charge in [-0.25, -0.2) is 0 Å². The van der Waals surface area contributed by atoms with Gasteiger partial charge in [-0.2, -0.15) is 5.10 Å². The van der Waals surface area contributed by atoms with Crippen LogP contribution in [0, 0.1) is 0 Å². The lowest BCUT2D eigenvalue weighted by Gasteiger charge is -2.04. The van der Waals surface area contributed by atoms with Crippen molar-refractivity contribution < 1.29 is 0 Å². The average molecular weight is 228 g/mol. The van der Waals surface area contributed by atoms with Crippen LogP contribution >= 0.6 is 0 Å². The summed E-state index contributed by atoms with van der Waals surface area (Å²) in [6.45, 7) is 2.06. The van der Waals surface area contributed by atoms with E-state index in [9.17, 15) is 0 Å². The molecule has 0 unspecified atom stereocenters. The third-order valence-corrected chi connectivity index (χ3v) is 3.38. The van der Waals surface area contributed by atoms with Crippen molar-refractivity contribution in [2.75, 3.05) is 12.8 Å². The number of nitrogens with two attached hydrogens (primary N) is 1. The number of aromatic nitrogens is 2. The van der Waals surface area contributed by atoms with Crippen LogP contribution in [0.1, 0.15) is 11.1 Å². The largest absolute Gasteiger partial charge is 0.383 e. The summed E-state index contributed by atoms with van der Waals surface area (Å²) < 4.78 is 1.70. The Hall–Kier alpha value is -1.81. The Kier molecular flexibility index (Phi) is 2.19. The second-order valence-corrected chi connectivity index (χ2v) is 4.72. The van der Waals surface area contributed by atoms with Crippen molar-refractivity contribution in [2.45, 2.75) is 13.1 Å². The van der Waals surface area contributed by atoms with Gasteiger partial charge in [0, 0.05) is 25.7 Å². The van der Waals surface area contributed by atoms with Crippen LogP contribution in [-0.4, -0.2) is 21.7 Å². The molecule has 2 heterocycles. The zero-order chi connectivity index (χ0) is 12.0. The summed E-state index contributed by atoms with van der Waals surface area (Å²) in [6.07, 6.45) is 1.83. The van der Waals surface area contributed by atoms with E-state index in [-0.39, 0.29) is 0 Å². The summed E-state index contributed by atoms with van der Waals surface area (Å²) in [6, 6.07) is 6.55. The Morgan fingerprint density at radius 2 is 1.94 bits per heavy atom. The molecule has 0 bridgehead atoms. The highest BCUT2D eigenvalue weighted by molar-refractivity contribution is 5.74. The molecule has 0 saturated carbocycles. The summed E-state index contributed by atoms with van der Waals surface area (Å²) >= 11 is 0. The predicted octanol–water partition coefficient (Wildman–Crippen LogP) is 1.61. The van der Waals surface area contributed by atoms with Gasteiger partial charge in [-0.05, 0) is 29.8 Å². The molecule has 0 amide bonds. The SMILES string of the molecule is CN1Cc2ccc(-c3cnn(C)c3N)cc2C1. The molecule has 1 aliphatic rings. The van der Waals surface area contributed by atoms with Crippen molar-refractivity contribution in [1.29, 1.82) is 0 Å². The molecule has 1 aliphatic heterocycles. The number of hydrogen-bond acceptors (Lipinski definition) is 3. The minimum atomic E-state index is 0.719. The van der Waals surface area contributed by atoms with E-state index in [0.29, 0.717) is 0 Å². The second-order valence-electron chi connectivity index (χ2n) is 4.72. The van der Waals surface area contributed by atoms with E-state index in [4.69, 9.17) is 5.73 Å². The molecule has 0 spiro atoms. The first-order valence-electron chi connectivity index (χ1n) is 5.73. The van der Waals surface area contributed by atoms with Gasteiger partial charge in [0.2, 0.25) is 0 Å². The third-order valence-electron chi connectivity index (χ3n) is 3.38. The quantitative estimate of drug-likeness (QED) is 0.806. The fourth-order valence-corrected chi connectivity index (χ4v) is 2.40. The van der Waals surface area contributed by atoms with Gasteiger partial charge >= 0.3 is 0 Å². The molecule has 3 rings (SSSR count). The summed E-state index contributed by atoms with van der Waals surface area (Å²) in [7, 11) is 4.00. The minimum absolute atomic E-state index is 0.719. The molecule has 88 valence electrons. The molecule has 4 nitrogen and oxygen atoms in total. The lowest BCUT2D eigenvalue weighted by Crippen LogP contribution is -2.07. The fourth-order valence-electron chi connectivity index (χ4n) is 2.40. The molecule has 0 radical (unpaired) electrons. The molecule has 4 heteroatoms. The van der Waals surface area contributed by atoms with Crippen LogP contribution < -0.4 is 5.73 Å². The van der Waals surface area contributed by atoms with Crippen molar-refractivity contribution in [3.63, 3.8) is 0 Å². The highest BCUT2D eigenvalue weighted by Gasteiger charge is 2.17. The number of rotatable bonds is 1. The highest BCUT2D eigenvalue weighted by Crippen LogP contribution is 2.30. The van der Waals surface area contributed by atoms with Gasteiger partial charge in [-0.1, -0.05) is 12.1 Å². The van der Waals surface area contributed by atoms with E-state index >= 15 is 0 Å². The molecule has 17 heavy (non-hydrogen) atoms. The number of aryl methyl sites for hydroxylation is 1. The van der Waals surface area contributed by atoms with Gasteiger partial charge in [-0.15, -0.1) is 0 Å². The van der Waals surface area contributed by atoms with Crippen molar-refractivity contribution >= 4 is 5.82 Å². The summed E-state index contributed by atoms with van der Waals surface area (Å²) in [5.74, 6) is 0.719. The first-order valence-corrected chi connectivity index (χ1v) is 5.73. The Bertz CT molecular complexity index is 571. The van der Waals surface area contributed by atoms with E-state index in [1.165, 1.54) is 11.1 Å². The molecule has 1 aromatic heterocycles. The lowest BCUT2D eigenvalue weighted by molar-refractivity contribution is 0.353. The molecule has 1 aromatic carbocycles. The normalized spacial score (nSPS) is 15.2. The van der Waals surface area contributed by atoms with E-state index in [0.717, 1.165) is 30.0 Å². The van der Waals surface area contributed by atoms with Crippen molar-refractivity contribution in [3.05, 3.63) is 35.5 Å². The summed E-state index contributed by atoms with van der Waals surface area (Å²) in [5.41, 5.74) is 11.0. The molecule has 0 fully saturated rings. The zero-order valence-corrected chi connectivity index (χ0v) is 10.1. The van der Waals surface area contributed by atoms with Crippen LogP contribution in [0.15, 0.2) is 24.4 Å². The topological polar surface area (TPSA) is 47.1 Å². The zero-order valence-electron chi connectivity index (χ0n) is 10.1. The van der Waals surface area contributed by atoms with Crippen molar-refractivity contribution in [3.8, 4) is 11.1 Å². The van der Waals surface area contributed by atoms with Crippen LogP contribution in [0.4, 0.5) is 5.82 Å². The van der Waals surface area contributed by atoms with Gasteiger partial charge in [0.1, 0.15) is 5.82 Å². The Balaban J connectivity index is 2.06. The smallest absolute Gasteiger partial charge is 0.129 e. The molecule has 2 aromatic rings. The van der Waals surface area contributed by atoms with Gasteiger partial charge in [0.25, 0.3) is 0 Å². The standard InChI is InChI=1S/C13H16N4/c1-16-7-10-4-3-9(5-11(10)8-16)12-6-15-17(2)13(12)14/h3-6H,7-8,14H2,1-2H3. The van der Waals surface area contributed by atoms with E-state index < -0.39 is 0 Å². The van der Waals surface area contributed by atoms with Gasteiger partial charge in [0.05, 0.1) is 6.20 Å². The highest BCUT2D eigenvalue weighted by atomic mass is 15.3. The maximum atomic E-state index is 6.00. The van der Waals surface area contributed by atoms with Crippen LogP contribution in [0.5, 0.6) is 0 Å². The predicted molar refractivity (Wildman–Crippen MR) is 68.2 cm³/mol. The molecule has 2 N–H and O–H groups in total. The minimum Gasteiger partial charge on any atom is -0.383 e. The van der Waals surface area contributed by atoms with Crippen molar-refractivity contribution in [2.24, 2.45) is 7.05 Å². The maximum absolute atomic E-state index is 6.00. The molecular formula is C13H16N4. The Morgan fingerprint density at radius 1 is 1.18 bits per heavy atom. The van der Waals surface area contributed by atoms with Crippen LogP contribution in [0.25, 0.3) is 11.1 Å². The second kappa shape index (κ2) is 3.60. The third kappa shape index (κ3) is 1.61. The van der Waals surface area contributed by atoms with Crippen molar-refractivity contribution in [1.82, 2.24) is 14.7 Å².